The lowest BCUT2D eigenvalue weighted by Gasteiger charge is -2.27. The maximum Gasteiger partial charge on any atom is 0.196 e. The number of guanidine groups is 1. The van der Waals surface area contributed by atoms with E-state index in [1.54, 1.807) is 0 Å². The van der Waals surface area contributed by atoms with Gasteiger partial charge in [-0.05, 0) is 58.6 Å². The van der Waals surface area contributed by atoms with E-state index in [1.807, 2.05) is 0 Å². The molecule has 1 fully saturated rings. The third-order valence-electron chi connectivity index (χ3n) is 4.42. The van der Waals surface area contributed by atoms with Gasteiger partial charge in [-0.1, -0.05) is 30.5 Å². The van der Waals surface area contributed by atoms with E-state index in [-0.39, 0.29) is 12.1 Å². The summed E-state index contributed by atoms with van der Waals surface area (Å²) in [6, 6.07) is 5.12. The lowest BCUT2D eigenvalue weighted by Crippen LogP contribution is -2.42. The highest BCUT2D eigenvalue weighted by molar-refractivity contribution is 5.95. The zero-order valence-electron chi connectivity index (χ0n) is 15.2. The molecule has 1 aliphatic carbocycles. The van der Waals surface area contributed by atoms with E-state index >= 15 is 0 Å². The van der Waals surface area contributed by atoms with Gasteiger partial charge in [0.15, 0.2) is 5.96 Å². The average Bonchev–Trinajstić information content (AvgIpc) is 2.44. The molecule has 0 unspecified atom stereocenters. The van der Waals surface area contributed by atoms with Gasteiger partial charge in [0.1, 0.15) is 0 Å². The van der Waals surface area contributed by atoms with Crippen LogP contribution in [0.4, 0.5) is 5.69 Å². The van der Waals surface area contributed by atoms with Gasteiger partial charge in [0.05, 0.1) is 6.04 Å². The summed E-state index contributed by atoms with van der Waals surface area (Å²) < 4.78 is 0. The van der Waals surface area contributed by atoms with Crippen molar-refractivity contribution in [2.45, 2.75) is 78.4 Å². The second-order valence-corrected chi connectivity index (χ2v) is 7.19. The molecule has 23 heavy (non-hydrogen) atoms. The summed E-state index contributed by atoms with van der Waals surface area (Å²) in [6.07, 6.45) is 4.60. The second-order valence-electron chi connectivity index (χ2n) is 7.19. The number of hydrogen-bond donors (Lipinski definition) is 3. The number of rotatable bonds is 3. The minimum absolute atomic E-state index is 0.176. The summed E-state index contributed by atoms with van der Waals surface area (Å²) in [7, 11) is 0. The molecule has 4 heteroatoms. The fourth-order valence-corrected chi connectivity index (χ4v) is 3.34. The van der Waals surface area contributed by atoms with Crippen LogP contribution in [-0.2, 0) is 0 Å². The van der Waals surface area contributed by atoms with Gasteiger partial charge in [-0.15, -0.1) is 0 Å². The minimum atomic E-state index is 0.176. The van der Waals surface area contributed by atoms with Crippen molar-refractivity contribution in [3.05, 3.63) is 28.8 Å². The van der Waals surface area contributed by atoms with Crippen molar-refractivity contribution >= 4 is 11.6 Å². The monoisotopic (exact) mass is 316 g/mol. The van der Waals surface area contributed by atoms with Crippen LogP contribution in [0.25, 0.3) is 0 Å². The van der Waals surface area contributed by atoms with Gasteiger partial charge in [0, 0.05) is 17.8 Å². The summed E-state index contributed by atoms with van der Waals surface area (Å²) in [5.74, 6) is 0.845. The second kappa shape index (κ2) is 7.82. The van der Waals surface area contributed by atoms with Gasteiger partial charge in [-0.3, -0.25) is 0 Å². The Kier molecular flexibility index (Phi) is 6.05. The summed E-state index contributed by atoms with van der Waals surface area (Å²) >= 11 is 0. The molecule has 1 aliphatic rings. The Balaban J connectivity index is 2.25. The van der Waals surface area contributed by atoms with Crippen molar-refractivity contribution in [3.63, 3.8) is 0 Å². The molecule has 2 atom stereocenters. The Morgan fingerprint density at radius 2 is 1.74 bits per heavy atom. The summed E-state index contributed by atoms with van der Waals surface area (Å²) in [4.78, 5) is 4.93. The van der Waals surface area contributed by atoms with Crippen molar-refractivity contribution in [3.8, 4) is 0 Å². The van der Waals surface area contributed by atoms with Gasteiger partial charge in [0.2, 0.25) is 0 Å². The van der Waals surface area contributed by atoms with Crippen molar-refractivity contribution in [2.24, 2.45) is 10.7 Å². The highest BCUT2D eigenvalue weighted by Crippen LogP contribution is 2.23. The third-order valence-corrected chi connectivity index (χ3v) is 4.42. The van der Waals surface area contributed by atoms with E-state index in [4.69, 9.17) is 10.7 Å². The lowest BCUT2D eigenvalue weighted by atomic mass is 9.91. The van der Waals surface area contributed by atoms with Crippen LogP contribution in [0.15, 0.2) is 17.1 Å². The largest absolute Gasteiger partial charge is 0.354 e. The number of anilines is 1. The molecule has 4 N–H and O–H groups in total. The molecular weight excluding hydrogens is 284 g/mol. The standard InChI is InChI=1S/C19H32N4/c1-12(2)21-19(22-17-9-7-6-8-16(17)20)23-18-14(4)10-13(3)11-15(18)5/h10-12,16-17H,6-9,20H2,1-5H3,(H2,21,22,23)/t16-,17-/m0/s1. The van der Waals surface area contributed by atoms with Crippen LogP contribution in [0.5, 0.6) is 0 Å². The highest BCUT2D eigenvalue weighted by Gasteiger charge is 2.22. The van der Waals surface area contributed by atoms with Crippen LogP contribution in [0.1, 0.15) is 56.2 Å². The van der Waals surface area contributed by atoms with E-state index in [9.17, 15) is 0 Å². The molecule has 2 rings (SSSR count). The molecule has 0 saturated heterocycles. The van der Waals surface area contributed by atoms with Crippen LogP contribution in [0, 0.1) is 20.8 Å². The molecule has 128 valence electrons. The van der Waals surface area contributed by atoms with Crippen molar-refractivity contribution < 1.29 is 0 Å². The molecule has 0 amide bonds. The van der Waals surface area contributed by atoms with Gasteiger partial charge in [-0.25, -0.2) is 4.99 Å². The molecule has 0 bridgehead atoms. The first-order chi connectivity index (χ1) is 10.9. The molecule has 0 heterocycles. The molecule has 1 saturated carbocycles. The normalized spacial score (nSPS) is 22.3. The van der Waals surface area contributed by atoms with Crippen molar-refractivity contribution in [1.29, 1.82) is 0 Å². The number of aryl methyl sites for hydroxylation is 3. The molecule has 0 radical (unpaired) electrons. The fourth-order valence-electron chi connectivity index (χ4n) is 3.34. The number of nitrogens with two attached hydrogens (primary N) is 1. The van der Waals surface area contributed by atoms with E-state index < -0.39 is 0 Å². The lowest BCUT2D eigenvalue weighted by molar-refractivity contribution is 0.385. The Labute approximate surface area is 141 Å². The van der Waals surface area contributed by atoms with E-state index in [0.717, 1.165) is 24.5 Å². The molecule has 0 aliphatic heterocycles. The highest BCUT2D eigenvalue weighted by atomic mass is 15.2. The van der Waals surface area contributed by atoms with Crippen LogP contribution >= 0.6 is 0 Å². The van der Waals surface area contributed by atoms with Gasteiger partial charge in [-0.2, -0.15) is 0 Å². The van der Waals surface area contributed by atoms with Gasteiger partial charge in [0.25, 0.3) is 0 Å². The molecule has 0 aromatic heterocycles. The number of nitrogens with one attached hydrogen (secondary N) is 2. The van der Waals surface area contributed by atoms with E-state index in [0.29, 0.717) is 6.04 Å². The smallest absolute Gasteiger partial charge is 0.196 e. The van der Waals surface area contributed by atoms with Crippen LogP contribution in [0.3, 0.4) is 0 Å². The van der Waals surface area contributed by atoms with Crippen LogP contribution < -0.4 is 16.4 Å². The van der Waals surface area contributed by atoms with Crippen LogP contribution in [-0.4, -0.2) is 24.1 Å². The SMILES string of the molecule is Cc1cc(C)c(NC(=N[C@H]2CCCC[C@@H]2N)NC(C)C)c(C)c1. The Morgan fingerprint density at radius 1 is 1.13 bits per heavy atom. The molecule has 4 nitrogen and oxygen atoms in total. The predicted octanol–water partition coefficient (Wildman–Crippen LogP) is 3.65. The van der Waals surface area contributed by atoms with Crippen molar-refractivity contribution in [2.75, 3.05) is 5.32 Å². The zero-order valence-corrected chi connectivity index (χ0v) is 15.2. The summed E-state index contributed by atoms with van der Waals surface area (Å²) in [5, 5.41) is 6.97. The van der Waals surface area contributed by atoms with Crippen LogP contribution in [0.2, 0.25) is 0 Å². The van der Waals surface area contributed by atoms with Gasteiger partial charge < -0.3 is 16.4 Å². The fraction of sp³-hybridized carbons (Fsp3) is 0.632. The molecule has 0 spiro atoms. The first kappa shape index (κ1) is 17.8. The first-order valence-electron chi connectivity index (χ1n) is 8.81. The van der Waals surface area contributed by atoms with E-state index in [1.165, 1.54) is 29.5 Å². The van der Waals surface area contributed by atoms with Crippen molar-refractivity contribution in [1.82, 2.24) is 5.32 Å². The molecular formula is C19H32N4. The van der Waals surface area contributed by atoms with Gasteiger partial charge >= 0.3 is 0 Å². The number of nitrogens with zero attached hydrogens (tertiary/aromatic N) is 1. The molecule has 1 aromatic rings. The predicted molar refractivity (Wildman–Crippen MR) is 100 cm³/mol. The number of aliphatic imine (C=N–C) groups is 1. The topological polar surface area (TPSA) is 62.4 Å². The zero-order chi connectivity index (χ0) is 17.0. The first-order valence-corrected chi connectivity index (χ1v) is 8.81. The third kappa shape index (κ3) is 4.96. The average molecular weight is 316 g/mol. The molecule has 1 aromatic carbocycles. The minimum Gasteiger partial charge on any atom is -0.354 e. The Bertz CT molecular complexity index is 539. The quantitative estimate of drug-likeness (QED) is 0.589. The number of benzene rings is 1. The summed E-state index contributed by atoms with van der Waals surface area (Å²) in [6.45, 7) is 10.7. The maximum atomic E-state index is 6.27. The maximum absolute atomic E-state index is 6.27. The number of hydrogen-bond acceptors (Lipinski definition) is 2. The Hall–Kier alpha value is -1.55. The Morgan fingerprint density at radius 3 is 2.30 bits per heavy atom. The summed E-state index contributed by atoms with van der Waals surface area (Å²) in [5.41, 5.74) is 11.2. The van der Waals surface area contributed by atoms with E-state index in [2.05, 4.69) is 57.4 Å².